The lowest BCUT2D eigenvalue weighted by Crippen LogP contribution is -2.56. The molecule has 4 aliphatic rings. The molecule has 34 heavy (non-hydrogen) atoms. The number of fused-ring (bicyclic) bond motifs is 5. The molecule has 7 heteroatoms. The average molecular weight is 481 g/mol. The predicted molar refractivity (Wildman–Crippen MR) is 123 cm³/mol. The molecule has 0 amide bonds. The Balaban J connectivity index is 1.34. The van der Waals surface area contributed by atoms with Gasteiger partial charge in [0.05, 0.1) is 13.2 Å². The van der Waals surface area contributed by atoms with E-state index in [0.29, 0.717) is 17.8 Å². The Morgan fingerprint density at radius 1 is 1.15 bits per heavy atom. The van der Waals surface area contributed by atoms with Gasteiger partial charge in [0, 0.05) is 19.2 Å². The molecule has 4 nitrogen and oxygen atoms in total. The summed E-state index contributed by atoms with van der Waals surface area (Å²) in [6, 6.07) is 0.955. The highest BCUT2D eigenvalue weighted by atomic mass is 19.4. The molecule has 0 aromatic carbocycles. The number of ether oxygens (including phenoxy) is 1. The third-order valence-corrected chi connectivity index (χ3v) is 10.7. The zero-order chi connectivity index (χ0) is 24.3. The summed E-state index contributed by atoms with van der Waals surface area (Å²) in [6.07, 6.45) is 7.30. The van der Waals surface area contributed by atoms with Gasteiger partial charge in [-0.15, -0.1) is 0 Å². The van der Waals surface area contributed by atoms with E-state index in [1.54, 1.807) is 0 Å². The van der Waals surface area contributed by atoms with Crippen LogP contribution in [0.4, 0.5) is 13.2 Å². The highest BCUT2D eigenvalue weighted by molar-refractivity contribution is 5.82. The van der Waals surface area contributed by atoms with Crippen LogP contribution in [-0.4, -0.2) is 29.3 Å². The third kappa shape index (κ3) is 3.84. The Kier molecular flexibility index (Phi) is 6.18. The summed E-state index contributed by atoms with van der Waals surface area (Å²) in [7, 11) is 1.85. The number of alkyl halides is 3. The molecular weight excluding hydrogens is 441 g/mol. The van der Waals surface area contributed by atoms with Gasteiger partial charge in [0.15, 0.2) is 11.5 Å². The van der Waals surface area contributed by atoms with Crippen molar-refractivity contribution in [2.24, 2.45) is 46.3 Å². The normalized spacial score (nSPS) is 42.1. The summed E-state index contributed by atoms with van der Waals surface area (Å²) in [5, 5.41) is 3.62. The fourth-order valence-electron chi connectivity index (χ4n) is 9.21. The van der Waals surface area contributed by atoms with E-state index in [0.717, 1.165) is 50.2 Å². The van der Waals surface area contributed by atoms with Crippen LogP contribution >= 0.6 is 0 Å². The lowest BCUT2D eigenvalue weighted by molar-refractivity contribution is -0.154. The van der Waals surface area contributed by atoms with Crippen molar-refractivity contribution in [2.75, 3.05) is 13.7 Å². The molecule has 0 spiro atoms. The van der Waals surface area contributed by atoms with Gasteiger partial charge in [-0.05, 0) is 97.9 Å². The van der Waals surface area contributed by atoms with E-state index < -0.39 is 11.9 Å². The summed E-state index contributed by atoms with van der Waals surface area (Å²) in [6.45, 7) is 5.49. The van der Waals surface area contributed by atoms with E-state index in [2.05, 4.69) is 18.9 Å². The third-order valence-electron chi connectivity index (χ3n) is 10.7. The predicted octanol–water partition coefficient (Wildman–Crippen LogP) is 6.39. The Bertz CT molecular complexity index is 914. The van der Waals surface area contributed by atoms with E-state index >= 15 is 0 Å². The monoisotopic (exact) mass is 480 g/mol. The second-order valence-electron chi connectivity index (χ2n) is 12.2. The van der Waals surface area contributed by atoms with E-state index in [1.165, 1.54) is 43.0 Å². The van der Waals surface area contributed by atoms with Crippen LogP contribution in [0.3, 0.4) is 0 Å². The molecule has 1 aromatic rings. The number of aromatic nitrogens is 2. The van der Waals surface area contributed by atoms with E-state index in [9.17, 15) is 18.0 Å². The Morgan fingerprint density at radius 3 is 2.65 bits per heavy atom. The zero-order valence-electron chi connectivity index (χ0n) is 20.7. The van der Waals surface area contributed by atoms with Crippen LogP contribution in [-0.2, 0) is 22.3 Å². The summed E-state index contributed by atoms with van der Waals surface area (Å²) < 4.78 is 45.9. The smallest absolute Gasteiger partial charge is 0.384 e. The fraction of sp³-hybridized carbons (Fsp3) is 0.852. The summed E-state index contributed by atoms with van der Waals surface area (Å²) in [5.74, 6) is 3.35. The molecule has 4 fully saturated rings. The van der Waals surface area contributed by atoms with Gasteiger partial charge in [0.2, 0.25) is 0 Å². The van der Waals surface area contributed by atoms with Crippen LogP contribution in [0.15, 0.2) is 12.3 Å². The molecular formula is C27H39F3N2O2. The summed E-state index contributed by atoms with van der Waals surface area (Å²) in [5.41, 5.74) is -0.698. The van der Waals surface area contributed by atoms with Crippen molar-refractivity contribution >= 4 is 5.78 Å². The topological polar surface area (TPSA) is 44.1 Å². The molecule has 190 valence electrons. The number of hydrogen-bond donors (Lipinski definition) is 0. The van der Waals surface area contributed by atoms with Crippen molar-refractivity contribution in [3.63, 3.8) is 0 Å². The second kappa shape index (κ2) is 8.63. The second-order valence-corrected chi connectivity index (χ2v) is 12.2. The fourth-order valence-corrected chi connectivity index (χ4v) is 9.21. The minimum absolute atomic E-state index is 0.0482. The van der Waals surface area contributed by atoms with Crippen molar-refractivity contribution in [2.45, 2.75) is 84.4 Å². The Morgan fingerprint density at radius 2 is 1.94 bits per heavy atom. The van der Waals surface area contributed by atoms with Crippen molar-refractivity contribution < 1.29 is 22.7 Å². The van der Waals surface area contributed by atoms with Gasteiger partial charge in [-0.2, -0.15) is 18.3 Å². The minimum Gasteiger partial charge on any atom is -0.384 e. The average Bonchev–Trinajstić information content (AvgIpc) is 3.38. The number of ketones is 1. The standard InChI is InChI=1S/C27H39F3N2O2/c1-17-8-12-26(16-34-3)18(14-17)4-5-19-20-6-7-22(25(20,2)11-9-21(19)26)23(33)15-32-13-10-24(31-32)27(28,29)30/h10,13,17-22H,4-9,11-12,14-16H2,1-3H3/t17-,18?,19-,20?,21?,22+,25-,26+/m0/s1. The number of halogens is 3. The number of methoxy groups -OCH3 is 1. The van der Waals surface area contributed by atoms with E-state index in [-0.39, 0.29) is 29.1 Å². The molecule has 4 aliphatic carbocycles. The number of carbonyl (C=O) groups excluding carboxylic acids is 1. The molecule has 0 bridgehead atoms. The van der Waals surface area contributed by atoms with Crippen molar-refractivity contribution in [1.82, 2.24) is 9.78 Å². The molecule has 0 N–H and O–H groups in total. The van der Waals surface area contributed by atoms with Gasteiger partial charge in [-0.25, -0.2) is 0 Å². The molecule has 1 heterocycles. The SMILES string of the molecule is COC[C@]12CC[C@H](C)CC1CC[C@@H]1C2CC[C@@]2(C)C1CC[C@@H]2C(=O)Cn1ccc(C(F)(F)F)n1. The first kappa shape index (κ1) is 24.3. The van der Waals surface area contributed by atoms with Gasteiger partial charge < -0.3 is 4.74 Å². The lowest BCUT2D eigenvalue weighted by atomic mass is 9.44. The van der Waals surface area contributed by atoms with Gasteiger partial charge >= 0.3 is 6.18 Å². The number of Topliss-reactive ketones (excluding diaryl/α,β-unsaturated/α-hetero) is 1. The largest absolute Gasteiger partial charge is 0.435 e. The Labute approximate surface area is 201 Å². The number of hydrogen-bond acceptors (Lipinski definition) is 3. The molecule has 8 atom stereocenters. The van der Waals surface area contributed by atoms with Crippen molar-refractivity contribution in [3.8, 4) is 0 Å². The minimum atomic E-state index is -4.48. The number of carbonyl (C=O) groups is 1. The van der Waals surface area contributed by atoms with Crippen LogP contribution in [0, 0.1) is 46.3 Å². The van der Waals surface area contributed by atoms with Crippen LogP contribution in [0.5, 0.6) is 0 Å². The highest BCUT2D eigenvalue weighted by Crippen LogP contribution is 2.68. The van der Waals surface area contributed by atoms with E-state index in [1.807, 2.05) is 7.11 Å². The van der Waals surface area contributed by atoms with Crippen LogP contribution < -0.4 is 0 Å². The maximum atomic E-state index is 13.4. The number of nitrogens with zero attached hydrogens (tertiary/aromatic N) is 2. The summed E-state index contributed by atoms with van der Waals surface area (Å²) >= 11 is 0. The zero-order valence-corrected chi connectivity index (χ0v) is 20.7. The number of rotatable bonds is 5. The van der Waals surface area contributed by atoms with Gasteiger partial charge in [0.25, 0.3) is 0 Å². The molecule has 5 rings (SSSR count). The maximum absolute atomic E-state index is 13.4. The first-order chi connectivity index (χ1) is 16.1. The van der Waals surface area contributed by atoms with Gasteiger partial charge in [0.1, 0.15) is 0 Å². The summed E-state index contributed by atoms with van der Waals surface area (Å²) in [4.78, 5) is 13.4. The van der Waals surface area contributed by atoms with Crippen LogP contribution in [0.25, 0.3) is 0 Å². The molecule has 1 aromatic heterocycles. The van der Waals surface area contributed by atoms with Crippen molar-refractivity contribution in [3.05, 3.63) is 18.0 Å². The molecule has 0 radical (unpaired) electrons. The van der Waals surface area contributed by atoms with Crippen molar-refractivity contribution in [1.29, 1.82) is 0 Å². The molecule has 0 aliphatic heterocycles. The molecule has 3 unspecified atom stereocenters. The van der Waals surface area contributed by atoms with Gasteiger partial charge in [-0.3, -0.25) is 9.48 Å². The highest BCUT2D eigenvalue weighted by Gasteiger charge is 2.62. The van der Waals surface area contributed by atoms with Gasteiger partial charge in [-0.1, -0.05) is 20.3 Å². The quantitative estimate of drug-likeness (QED) is 0.490. The first-order valence-corrected chi connectivity index (χ1v) is 13.2. The van der Waals surface area contributed by atoms with Crippen LogP contribution in [0.1, 0.15) is 77.3 Å². The maximum Gasteiger partial charge on any atom is 0.435 e. The first-order valence-electron chi connectivity index (χ1n) is 13.2. The van der Waals surface area contributed by atoms with E-state index in [4.69, 9.17) is 4.74 Å². The lowest BCUT2D eigenvalue weighted by Gasteiger charge is -2.61. The molecule has 4 saturated carbocycles. The Hall–Kier alpha value is -1.37. The molecule has 0 saturated heterocycles. The van der Waals surface area contributed by atoms with Crippen LogP contribution in [0.2, 0.25) is 0 Å².